The lowest BCUT2D eigenvalue weighted by molar-refractivity contribution is -0.146. The zero-order chi connectivity index (χ0) is 10.8. The van der Waals surface area contributed by atoms with E-state index in [1.807, 2.05) is 0 Å². The SMILES string of the molecule is CCCCCC[C@H](CCCl)OC(C)=O. The molecular weight excluding hydrogens is 200 g/mol. The Bertz CT molecular complexity index is 148. The van der Waals surface area contributed by atoms with Crippen molar-refractivity contribution in [3.8, 4) is 0 Å². The molecule has 0 fully saturated rings. The minimum atomic E-state index is -0.199. The van der Waals surface area contributed by atoms with Crippen LogP contribution in [0.5, 0.6) is 0 Å². The van der Waals surface area contributed by atoms with Crippen LogP contribution in [-0.4, -0.2) is 18.0 Å². The van der Waals surface area contributed by atoms with Crippen LogP contribution in [0.4, 0.5) is 0 Å². The summed E-state index contributed by atoms with van der Waals surface area (Å²) in [5, 5.41) is 0. The Morgan fingerprint density at radius 3 is 2.50 bits per heavy atom. The van der Waals surface area contributed by atoms with Crippen molar-refractivity contribution in [2.45, 2.75) is 58.5 Å². The standard InChI is InChI=1S/C11H21ClO2/c1-3-4-5-6-7-11(8-9-12)14-10(2)13/h11H,3-9H2,1-2H3/t11-/m1/s1. The maximum Gasteiger partial charge on any atom is 0.302 e. The molecule has 0 amide bonds. The Balaban J connectivity index is 3.56. The van der Waals surface area contributed by atoms with Gasteiger partial charge in [0.25, 0.3) is 0 Å². The average molecular weight is 221 g/mol. The van der Waals surface area contributed by atoms with Gasteiger partial charge in [-0.2, -0.15) is 0 Å². The molecule has 0 aliphatic heterocycles. The van der Waals surface area contributed by atoms with E-state index in [0.29, 0.717) is 5.88 Å². The molecule has 1 atom stereocenters. The molecule has 0 saturated carbocycles. The summed E-state index contributed by atoms with van der Waals surface area (Å²) in [6, 6.07) is 0. The molecule has 0 saturated heterocycles. The number of alkyl halides is 1. The molecular formula is C11H21ClO2. The van der Waals surface area contributed by atoms with Crippen LogP contribution in [0.25, 0.3) is 0 Å². The van der Waals surface area contributed by atoms with Gasteiger partial charge in [-0.1, -0.05) is 26.2 Å². The zero-order valence-corrected chi connectivity index (χ0v) is 9.98. The Morgan fingerprint density at radius 1 is 1.29 bits per heavy atom. The van der Waals surface area contributed by atoms with Crippen molar-refractivity contribution in [2.24, 2.45) is 0 Å². The maximum absolute atomic E-state index is 10.8. The Labute approximate surface area is 92.0 Å². The largest absolute Gasteiger partial charge is 0.463 e. The molecule has 0 N–H and O–H groups in total. The fraction of sp³-hybridized carbons (Fsp3) is 0.909. The van der Waals surface area contributed by atoms with E-state index in [1.165, 1.54) is 26.2 Å². The van der Waals surface area contributed by atoms with Crippen molar-refractivity contribution >= 4 is 17.6 Å². The molecule has 0 aliphatic carbocycles. The summed E-state index contributed by atoms with van der Waals surface area (Å²) in [5.41, 5.74) is 0. The second kappa shape index (κ2) is 9.32. The first kappa shape index (κ1) is 13.8. The highest BCUT2D eigenvalue weighted by molar-refractivity contribution is 6.17. The van der Waals surface area contributed by atoms with Crippen LogP contribution in [0.2, 0.25) is 0 Å². The summed E-state index contributed by atoms with van der Waals surface area (Å²) < 4.78 is 5.15. The summed E-state index contributed by atoms with van der Waals surface area (Å²) in [6.07, 6.45) is 6.59. The molecule has 0 aromatic carbocycles. The first-order valence-corrected chi connectivity index (χ1v) is 5.97. The lowest BCUT2D eigenvalue weighted by atomic mass is 10.1. The number of esters is 1. The van der Waals surface area contributed by atoms with Crippen LogP contribution >= 0.6 is 11.6 Å². The van der Waals surface area contributed by atoms with Gasteiger partial charge >= 0.3 is 5.97 Å². The molecule has 0 aromatic heterocycles. The summed E-state index contributed by atoms with van der Waals surface area (Å²) in [4.78, 5) is 10.8. The van der Waals surface area contributed by atoms with Gasteiger partial charge < -0.3 is 4.74 Å². The number of hydrogen-bond acceptors (Lipinski definition) is 2. The summed E-state index contributed by atoms with van der Waals surface area (Å²) >= 11 is 5.63. The zero-order valence-electron chi connectivity index (χ0n) is 9.22. The van der Waals surface area contributed by atoms with Crippen molar-refractivity contribution in [2.75, 3.05) is 5.88 Å². The van der Waals surface area contributed by atoms with Crippen molar-refractivity contribution in [1.82, 2.24) is 0 Å². The third-order valence-electron chi connectivity index (χ3n) is 2.14. The predicted molar refractivity (Wildman–Crippen MR) is 59.7 cm³/mol. The number of carbonyl (C=O) groups excluding carboxylic acids is 1. The third-order valence-corrected chi connectivity index (χ3v) is 2.36. The first-order chi connectivity index (χ1) is 6.70. The van der Waals surface area contributed by atoms with Gasteiger partial charge in [-0.05, 0) is 19.3 Å². The van der Waals surface area contributed by atoms with Gasteiger partial charge in [-0.3, -0.25) is 4.79 Å². The number of rotatable bonds is 8. The minimum Gasteiger partial charge on any atom is -0.463 e. The van der Waals surface area contributed by atoms with Crippen molar-refractivity contribution in [3.05, 3.63) is 0 Å². The van der Waals surface area contributed by atoms with E-state index < -0.39 is 0 Å². The van der Waals surface area contributed by atoms with Crippen LogP contribution in [0.1, 0.15) is 52.4 Å². The van der Waals surface area contributed by atoms with Crippen LogP contribution < -0.4 is 0 Å². The van der Waals surface area contributed by atoms with E-state index in [2.05, 4.69) is 6.92 Å². The predicted octanol–water partition coefficient (Wildman–Crippen LogP) is 3.52. The van der Waals surface area contributed by atoms with Gasteiger partial charge in [0, 0.05) is 12.8 Å². The molecule has 3 heteroatoms. The monoisotopic (exact) mass is 220 g/mol. The maximum atomic E-state index is 10.8. The average Bonchev–Trinajstić information content (AvgIpc) is 2.12. The molecule has 0 rings (SSSR count). The molecule has 0 radical (unpaired) electrons. The topological polar surface area (TPSA) is 26.3 Å². The summed E-state index contributed by atoms with van der Waals surface area (Å²) in [7, 11) is 0. The lowest BCUT2D eigenvalue weighted by Crippen LogP contribution is -2.16. The van der Waals surface area contributed by atoms with Gasteiger partial charge in [-0.25, -0.2) is 0 Å². The van der Waals surface area contributed by atoms with Gasteiger partial charge in [0.2, 0.25) is 0 Å². The quantitative estimate of drug-likeness (QED) is 0.356. The molecule has 0 spiro atoms. The van der Waals surface area contributed by atoms with E-state index in [-0.39, 0.29) is 12.1 Å². The number of unbranched alkanes of at least 4 members (excludes halogenated alkanes) is 3. The molecule has 0 heterocycles. The third kappa shape index (κ3) is 8.36. The van der Waals surface area contributed by atoms with Gasteiger partial charge in [0.05, 0.1) is 0 Å². The highest BCUT2D eigenvalue weighted by Gasteiger charge is 2.10. The lowest BCUT2D eigenvalue weighted by Gasteiger charge is -2.15. The summed E-state index contributed by atoms with van der Waals surface area (Å²) in [6.45, 7) is 3.63. The highest BCUT2D eigenvalue weighted by atomic mass is 35.5. The second-order valence-electron chi connectivity index (χ2n) is 3.56. The van der Waals surface area contributed by atoms with Crippen LogP contribution in [0.3, 0.4) is 0 Å². The van der Waals surface area contributed by atoms with E-state index >= 15 is 0 Å². The Hall–Kier alpha value is -0.240. The van der Waals surface area contributed by atoms with E-state index in [9.17, 15) is 4.79 Å². The highest BCUT2D eigenvalue weighted by Crippen LogP contribution is 2.12. The Morgan fingerprint density at radius 2 is 2.00 bits per heavy atom. The molecule has 0 aromatic rings. The van der Waals surface area contributed by atoms with Gasteiger partial charge in [0.15, 0.2) is 0 Å². The van der Waals surface area contributed by atoms with Crippen molar-refractivity contribution in [3.63, 3.8) is 0 Å². The van der Waals surface area contributed by atoms with Crippen molar-refractivity contribution < 1.29 is 9.53 Å². The van der Waals surface area contributed by atoms with Crippen LogP contribution in [0, 0.1) is 0 Å². The molecule has 0 aliphatic rings. The van der Waals surface area contributed by atoms with E-state index in [1.54, 1.807) is 0 Å². The number of hydrogen-bond donors (Lipinski definition) is 0. The number of halogens is 1. The Kier molecular flexibility index (Phi) is 9.16. The molecule has 14 heavy (non-hydrogen) atoms. The molecule has 84 valence electrons. The van der Waals surface area contributed by atoms with Gasteiger partial charge in [0.1, 0.15) is 6.10 Å². The molecule has 0 bridgehead atoms. The van der Waals surface area contributed by atoms with Gasteiger partial charge in [-0.15, -0.1) is 11.6 Å². The van der Waals surface area contributed by atoms with E-state index in [4.69, 9.17) is 16.3 Å². The normalized spacial score (nSPS) is 12.5. The first-order valence-electron chi connectivity index (χ1n) is 5.43. The van der Waals surface area contributed by atoms with Crippen molar-refractivity contribution in [1.29, 1.82) is 0 Å². The second-order valence-corrected chi connectivity index (χ2v) is 3.94. The summed E-state index contributed by atoms with van der Waals surface area (Å²) in [5.74, 6) is 0.363. The minimum absolute atomic E-state index is 0.0295. The van der Waals surface area contributed by atoms with Crippen LogP contribution in [-0.2, 0) is 9.53 Å². The van der Waals surface area contributed by atoms with Crippen LogP contribution in [0.15, 0.2) is 0 Å². The fourth-order valence-electron chi connectivity index (χ4n) is 1.42. The fourth-order valence-corrected chi connectivity index (χ4v) is 1.66. The molecule has 2 nitrogen and oxygen atoms in total. The molecule has 0 unspecified atom stereocenters. The van der Waals surface area contributed by atoms with E-state index in [0.717, 1.165) is 19.3 Å². The smallest absolute Gasteiger partial charge is 0.302 e. The number of ether oxygens (including phenoxy) is 1. The number of carbonyl (C=O) groups is 1.